The molecule has 0 spiro atoms. The molecule has 0 aliphatic carbocycles. The molecule has 1 fully saturated rings. The molecular weight excluding hydrogens is 224 g/mol. The second-order valence-electron chi connectivity index (χ2n) is 3.91. The Balaban J connectivity index is 1.94. The van der Waals surface area contributed by atoms with E-state index >= 15 is 0 Å². The van der Waals surface area contributed by atoms with E-state index in [0.717, 1.165) is 11.7 Å². The highest BCUT2D eigenvalue weighted by Gasteiger charge is 2.19. The summed E-state index contributed by atoms with van der Waals surface area (Å²) in [6, 6.07) is 4.77. The number of thioether (sulfide) groups is 1. The molecule has 0 saturated carbocycles. The number of thiophene rings is 1. The first kappa shape index (κ1) is 11.0. The van der Waals surface area contributed by atoms with Crippen molar-refractivity contribution in [2.75, 3.05) is 0 Å². The molecule has 2 heterocycles. The molecule has 4 heteroatoms. The number of hydrogen-bond acceptors (Lipinski definition) is 3. The molecular formula is C11H16N2S2. The fourth-order valence-electron chi connectivity index (χ4n) is 1.68. The van der Waals surface area contributed by atoms with Gasteiger partial charge in [-0.1, -0.05) is 24.8 Å². The summed E-state index contributed by atoms with van der Waals surface area (Å²) in [5.74, 6) is 0. The van der Waals surface area contributed by atoms with Crippen LogP contribution >= 0.6 is 23.1 Å². The molecule has 0 aromatic carbocycles. The van der Waals surface area contributed by atoms with E-state index in [2.05, 4.69) is 41.7 Å². The molecule has 2 atom stereocenters. The fourth-order valence-corrected chi connectivity index (χ4v) is 3.48. The predicted molar refractivity (Wildman–Crippen MR) is 69.7 cm³/mol. The molecule has 1 aromatic rings. The van der Waals surface area contributed by atoms with Crippen molar-refractivity contribution in [3.63, 3.8) is 0 Å². The fraction of sp³-hybridized carbons (Fsp3) is 0.545. The maximum absolute atomic E-state index is 4.61. The third-order valence-electron chi connectivity index (χ3n) is 2.33. The van der Waals surface area contributed by atoms with Crippen LogP contribution in [0.15, 0.2) is 22.5 Å². The standard InChI is InChI=1S/C11H16N2S2/c1-8-6-9(2)15-11(13-8)12-7-10-4-3-5-14-10/h3-5,8-9H,6-7H2,1-2H3,(H,12,13). The van der Waals surface area contributed by atoms with Gasteiger partial charge in [-0.15, -0.1) is 11.3 Å². The summed E-state index contributed by atoms with van der Waals surface area (Å²) in [6.45, 7) is 5.30. The molecule has 1 saturated heterocycles. The predicted octanol–water partition coefficient (Wildman–Crippen LogP) is 3.11. The van der Waals surface area contributed by atoms with E-state index in [1.165, 1.54) is 11.3 Å². The van der Waals surface area contributed by atoms with E-state index in [4.69, 9.17) is 0 Å². The molecule has 15 heavy (non-hydrogen) atoms. The van der Waals surface area contributed by atoms with Crippen LogP contribution in [0.3, 0.4) is 0 Å². The van der Waals surface area contributed by atoms with Gasteiger partial charge in [0.1, 0.15) is 0 Å². The second kappa shape index (κ2) is 5.03. The van der Waals surface area contributed by atoms with E-state index in [1.54, 1.807) is 11.3 Å². The minimum absolute atomic E-state index is 0.559. The Labute approximate surface area is 99.2 Å². The first-order valence-corrected chi connectivity index (χ1v) is 7.00. The Bertz CT molecular complexity index is 320. The Morgan fingerprint density at radius 1 is 1.53 bits per heavy atom. The molecule has 1 aliphatic heterocycles. The van der Waals surface area contributed by atoms with Crippen molar-refractivity contribution in [1.29, 1.82) is 0 Å². The Morgan fingerprint density at radius 2 is 2.40 bits per heavy atom. The minimum Gasteiger partial charge on any atom is -0.362 e. The van der Waals surface area contributed by atoms with Crippen molar-refractivity contribution in [2.24, 2.45) is 4.99 Å². The highest BCUT2D eigenvalue weighted by atomic mass is 32.2. The quantitative estimate of drug-likeness (QED) is 0.859. The zero-order chi connectivity index (χ0) is 10.7. The zero-order valence-electron chi connectivity index (χ0n) is 9.06. The first-order valence-electron chi connectivity index (χ1n) is 5.24. The van der Waals surface area contributed by atoms with Crippen LogP contribution in [0.4, 0.5) is 0 Å². The number of nitrogens with zero attached hydrogens (tertiary/aromatic N) is 1. The van der Waals surface area contributed by atoms with Crippen LogP contribution in [0, 0.1) is 0 Å². The van der Waals surface area contributed by atoms with Crippen molar-refractivity contribution in [2.45, 2.75) is 38.1 Å². The molecule has 82 valence electrons. The number of hydrogen-bond donors (Lipinski definition) is 1. The van der Waals surface area contributed by atoms with E-state index in [0.29, 0.717) is 11.3 Å². The third-order valence-corrected chi connectivity index (χ3v) is 4.25. The van der Waals surface area contributed by atoms with Gasteiger partial charge in [-0.25, -0.2) is 0 Å². The Morgan fingerprint density at radius 3 is 3.07 bits per heavy atom. The van der Waals surface area contributed by atoms with Gasteiger partial charge in [-0.2, -0.15) is 0 Å². The van der Waals surface area contributed by atoms with Gasteiger partial charge in [0.25, 0.3) is 0 Å². The van der Waals surface area contributed by atoms with Gasteiger partial charge in [0.15, 0.2) is 5.17 Å². The van der Waals surface area contributed by atoms with Gasteiger partial charge in [-0.05, 0) is 24.8 Å². The van der Waals surface area contributed by atoms with E-state index in [1.807, 2.05) is 11.8 Å². The molecule has 0 bridgehead atoms. The molecule has 2 unspecified atom stereocenters. The second-order valence-corrected chi connectivity index (χ2v) is 6.37. The molecule has 1 N–H and O–H groups in total. The van der Waals surface area contributed by atoms with Gasteiger partial charge in [0.2, 0.25) is 0 Å². The molecule has 1 aromatic heterocycles. The highest BCUT2D eigenvalue weighted by Crippen LogP contribution is 2.22. The monoisotopic (exact) mass is 240 g/mol. The van der Waals surface area contributed by atoms with Crippen LogP contribution in [0.1, 0.15) is 25.1 Å². The Hall–Kier alpha value is -0.480. The number of amidine groups is 1. The lowest BCUT2D eigenvalue weighted by Crippen LogP contribution is -2.38. The molecule has 0 amide bonds. The van der Waals surface area contributed by atoms with Crippen LogP contribution in [0.5, 0.6) is 0 Å². The number of rotatable bonds is 2. The van der Waals surface area contributed by atoms with Gasteiger partial charge >= 0.3 is 0 Å². The van der Waals surface area contributed by atoms with Crippen LogP contribution in [-0.4, -0.2) is 16.5 Å². The SMILES string of the molecule is CC1CC(C)SC(=NCc2cccs2)N1. The third kappa shape index (κ3) is 3.24. The van der Waals surface area contributed by atoms with Gasteiger partial charge < -0.3 is 5.32 Å². The lowest BCUT2D eigenvalue weighted by Gasteiger charge is -2.26. The minimum atomic E-state index is 0.559. The summed E-state index contributed by atoms with van der Waals surface area (Å²) in [6.07, 6.45) is 1.22. The summed E-state index contributed by atoms with van der Waals surface area (Å²) in [4.78, 5) is 5.93. The van der Waals surface area contributed by atoms with E-state index in [9.17, 15) is 0 Å². The smallest absolute Gasteiger partial charge is 0.157 e. The molecule has 2 rings (SSSR count). The molecule has 1 aliphatic rings. The average molecular weight is 240 g/mol. The van der Waals surface area contributed by atoms with Crippen LogP contribution in [0.2, 0.25) is 0 Å². The van der Waals surface area contributed by atoms with Crippen LogP contribution in [-0.2, 0) is 6.54 Å². The van der Waals surface area contributed by atoms with E-state index in [-0.39, 0.29) is 0 Å². The average Bonchev–Trinajstić information content (AvgIpc) is 2.65. The summed E-state index contributed by atoms with van der Waals surface area (Å²) in [7, 11) is 0. The zero-order valence-corrected chi connectivity index (χ0v) is 10.7. The maximum Gasteiger partial charge on any atom is 0.157 e. The van der Waals surface area contributed by atoms with Crippen molar-refractivity contribution < 1.29 is 0 Å². The van der Waals surface area contributed by atoms with Gasteiger partial charge in [0, 0.05) is 16.2 Å². The molecule has 0 radical (unpaired) electrons. The maximum atomic E-state index is 4.61. The summed E-state index contributed by atoms with van der Waals surface area (Å²) >= 11 is 3.62. The lowest BCUT2D eigenvalue weighted by molar-refractivity contribution is 0.597. The number of nitrogens with one attached hydrogen (secondary N) is 1. The lowest BCUT2D eigenvalue weighted by atomic mass is 10.2. The largest absolute Gasteiger partial charge is 0.362 e. The first-order chi connectivity index (χ1) is 7.24. The van der Waals surface area contributed by atoms with Gasteiger partial charge in [0.05, 0.1) is 6.54 Å². The van der Waals surface area contributed by atoms with Crippen molar-refractivity contribution >= 4 is 28.3 Å². The highest BCUT2D eigenvalue weighted by molar-refractivity contribution is 8.14. The normalized spacial score (nSPS) is 29.1. The van der Waals surface area contributed by atoms with Crippen molar-refractivity contribution in [3.8, 4) is 0 Å². The van der Waals surface area contributed by atoms with Crippen LogP contribution < -0.4 is 5.32 Å². The van der Waals surface area contributed by atoms with Crippen molar-refractivity contribution in [1.82, 2.24) is 5.32 Å². The van der Waals surface area contributed by atoms with Crippen LogP contribution in [0.25, 0.3) is 0 Å². The Kier molecular flexibility index (Phi) is 3.70. The molecule has 2 nitrogen and oxygen atoms in total. The summed E-state index contributed by atoms with van der Waals surface area (Å²) in [5.41, 5.74) is 0. The number of aliphatic imine (C=N–C) groups is 1. The summed E-state index contributed by atoms with van der Waals surface area (Å²) < 4.78 is 0. The summed E-state index contributed by atoms with van der Waals surface area (Å²) in [5, 5.41) is 7.32. The van der Waals surface area contributed by atoms with Gasteiger partial charge in [-0.3, -0.25) is 4.99 Å². The van der Waals surface area contributed by atoms with Crippen molar-refractivity contribution in [3.05, 3.63) is 22.4 Å². The topological polar surface area (TPSA) is 24.4 Å². The van der Waals surface area contributed by atoms with E-state index < -0.39 is 0 Å².